The first-order valence-electron chi connectivity index (χ1n) is 7.70. The molecule has 0 spiro atoms. The third-order valence-corrected chi connectivity index (χ3v) is 4.13. The number of halogens is 1. The summed E-state index contributed by atoms with van der Waals surface area (Å²) in [5.74, 6) is -0.314. The van der Waals surface area contributed by atoms with Gasteiger partial charge in [0.2, 0.25) is 0 Å². The van der Waals surface area contributed by atoms with Gasteiger partial charge < -0.3 is 10.0 Å². The Morgan fingerprint density at radius 2 is 1.73 bits per heavy atom. The van der Waals surface area contributed by atoms with Crippen molar-refractivity contribution >= 4 is 24.2 Å². The standard InChI is InChI=1S/C17H23NO3.ClH/c19-16(20)8-4-5-11-18-12-9-15(10-13-18)17(21)14-6-2-1-3-7-14;/h1-3,6-7,15H,4-5,8-13H2,(H,19,20);1H. The molecule has 0 aromatic heterocycles. The summed E-state index contributed by atoms with van der Waals surface area (Å²) in [5, 5.41) is 8.60. The van der Waals surface area contributed by atoms with Gasteiger partial charge in [0.25, 0.3) is 0 Å². The minimum absolute atomic E-state index is 0. The third kappa shape index (κ3) is 5.78. The van der Waals surface area contributed by atoms with Crippen LogP contribution in [0.25, 0.3) is 0 Å². The molecule has 0 aliphatic carbocycles. The molecule has 1 N–H and O–H groups in total. The van der Waals surface area contributed by atoms with Crippen LogP contribution in [0.4, 0.5) is 0 Å². The molecule has 1 aliphatic heterocycles. The first-order chi connectivity index (χ1) is 10.2. The fourth-order valence-corrected chi connectivity index (χ4v) is 2.87. The minimum Gasteiger partial charge on any atom is -0.481 e. The topological polar surface area (TPSA) is 57.6 Å². The second-order valence-corrected chi connectivity index (χ2v) is 5.70. The molecule has 0 bridgehead atoms. The van der Waals surface area contributed by atoms with Crippen LogP contribution < -0.4 is 0 Å². The highest BCUT2D eigenvalue weighted by Crippen LogP contribution is 2.22. The molecule has 0 atom stereocenters. The van der Waals surface area contributed by atoms with Gasteiger partial charge in [-0.05, 0) is 45.3 Å². The van der Waals surface area contributed by atoms with Gasteiger partial charge in [0.05, 0.1) is 0 Å². The van der Waals surface area contributed by atoms with E-state index in [4.69, 9.17) is 5.11 Å². The molecule has 1 aromatic carbocycles. The quantitative estimate of drug-likeness (QED) is 0.617. The number of likely N-dealkylation sites (tertiary alicyclic amines) is 1. The lowest BCUT2D eigenvalue weighted by Crippen LogP contribution is -2.36. The maximum absolute atomic E-state index is 12.4. The van der Waals surface area contributed by atoms with Crippen LogP contribution in [0.1, 0.15) is 42.5 Å². The van der Waals surface area contributed by atoms with E-state index in [9.17, 15) is 9.59 Å². The van der Waals surface area contributed by atoms with Gasteiger partial charge in [-0.2, -0.15) is 0 Å². The van der Waals surface area contributed by atoms with Crippen molar-refractivity contribution in [3.63, 3.8) is 0 Å². The van der Waals surface area contributed by atoms with Gasteiger partial charge in [-0.3, -0.25) is 9.59 Å². The predicted octanol–water partition coefficient (Wildman–Crippen LogP) is 3.26. The molecule has 1 fully saturated rings. The Morgan fingerprint density at radius 1 is 1.09 bits per heavy atom. The van der Waals surface area contributed by atoms with Gasteiger partial charge >= 0.3 is 5.97 Å². The van der Waals surface area contributed by atoms with Crippen LogP contribution in [0, 0.1) is 5.92 Å². The van der Waals surface area contributed by atoms with Crippen LogP contribution in [0.15, 0.2) is 30.3 Å². The fourth-order valence-electron chi connectivity index (χ4n) is 2.87. The highest BCUT2D eigenvalue weighted by Gasteiger charge is 2.25. The Kier molecular flexibility index (Phi) is 8.13. The number of benzene rings is 1. The van der Waals surface area contributed by atoms with Crippen molar-refractivity contribution in [3.05, 3.63) is 35.9 Å². The molecule has 2 rings (SSSR count). The van der Waals surface area contributed by atoms with E-state index in [1.165, 1.54) is 0 Å². The predicted molar refractivity (Wildman–Crippen MR) is 88.7 cm³/mol. The Hall–Kier alpha value is -1.39. The second-order valence-electron chi connectivity index (χ2n) is 5.70. The van der Waals surface area contributed by atoms with Crippen LogP contribution >= 0.6 is 12.4 Å². The molecule has 4 nitrogen and oxygen atoms in total. The summed E-state index contributed by atoms with van der Waals surface area (Å²) in [6, 6.07) is 9.52. The number of aliphatic carboxylic acids is 1. The Bertz CT molecular complexity index is 470. The Balaban J connectivity index is 0.00000242. The van der Waals surface area contributed by atoms with E-state index >= 15 is 0 Å². The Morgan fingerprint density at radius 3 is 2.32 bits per heavy atom. The molecule has 0 unspecified atom stereocenters. The van der Waals surface area contributed by atoms with Crippen LogP contribution in [0.5, 0.6) is 0 Å². The van der Waals surface area contributed by atoms with Crippen molar-refractivity contribution in [2.45, 2.75) is 32.1 Å². The largest absolute Gasteiger partial charge is 0.481 e. The highest BCUT2D eigenvalue weighted by molar-refractivity contribution is 5.97. The van der Waals surface area contributed by atoms with Crippen molar-refractivity contribution < 1.29 is 14.7 Å². The maximum Gasteiger partial charge on any atom is 0.303 e. The van der Waals surface area contributed by atoms with E-state index in [2.05, 4.69) is 4.90 Å². The monoisotopic (exact) mass is 325 g/mol. The number of carbonyl (C=O) groups excluding carboxylic acids is 1. The number of carboxylic acids is 1. The summed E-state index contributed by atoms with van der Waals surface area (Å²) < 4.78 is 0. The van der Waals surface area contributed by atoms with E-state index in [1.54, 1.807) is 0 Å². The van der Waals surface area contributed by atoms with E-state index in [0.717, 1.165) is 50.9 Å². The molecule has 1 aliphatic rings. The summed E-state index contributed by atoms with van der Waals surface area (Å²) in [5.41, 5.74) is 0.817. The van der Waals surface area contributed by atoms with Crippen LogP contribution in [-0.2, 0) is 4.79 Å². The SMILES string of the molecule is Cl.O=C(O)CCCCN1CCC(C(=O)c2ccccc2)CC1. The maximum atomic E-state index is 12.4. The number of unbranched alkanes of at least 4 members (excludes halogenated alkanes) is 1. The Labute approximate surface area is 137 Å². The summed E-state index contributed by atoms with van der Waals surface area (Å²) in [6.07, 6.45) is 3.73. The zero-order chi connectivity index (χ0) is 15.1. The van der Waals surface area contributed by atoms with E-state index in [-0.39, 0.29) is 30.5 Å². The highest BCUT2D eigenvalue weighted by atomic mass is 35.5. The summed E-state index contributed by atoms with van der Waals surface area (Å²) >= 11 is 0. The molecule has 5 heteroatoms. The number of ketones is 1. The van der Waals surface area contributed by atoms with Gasteiger partial charge in [0.1, 0.15) is 0 Å². The third-order valence-electron chi connectivity index (χ3n) is 4.13. The van der Waals surface area contributed by atoms with E-state index < -0.39 is 5.97 Å². The number of hydrogen-bond donors (Lipinski definition) is 1. The van der Waals surface area contributed by atoms with Crippen LogP contribution in [0.3, 0.4) is 0 Å². The zero-order valence-electron chi connectivity index (χ0n) is 12.7. The van der Waals surface area contributed by atoms with E-state index in [0.29, 0.717) is 0 Å². The molecular weight excluding hydrogens is 302 g/mol. The molecule has 22 heavy (non-hydrogen) atoms. The van der Waals surface area contributed by atoms with Crippen molar-refractivity contribution in [1.82, 2.24) is 4.90 Å². The molecule has 0 saturated carbocycles. The fraction of sp³-hybridized carbons (Fsp3) is 0.529. The summed E-state index contributed by atoms with van der Waals surface area (Å²) in [4.78, 5) is 25.2. The minimum atomic E-state index is -0.720. The lowest BCUT2D eigenvalue weighted by molar-refractivity contribution is -0.137. The summed E-state index contributed by atoms with van der Waals surface area (Å²) in [7, 11) is 0. The number of rotatable bonds is 7. The van der Waals surface area contributed by atoms with Gasteiger partial charge in [-0.15, -0.1) is 12.4 Å². The number of piperidine rings is 1. The molecule has 1 aromatic rings. The number of carboxylic acid groups (broad SMARTS) is 1. The van der Waals surface area contributed by atoms with Crippen molar-refractivity contribution in [1.29, 1.82) is 0 Å². The van der Waals surface area contributed by atoms with Crippen molar-refractivity contribution in [2.75, 3.05) is 19.6 Å². The number of carbonyl (C=O) groups is 2. The van der Waals surface area contributed by atoms with Gasteiger partial charge in [-0.25, -0.2) is 0 Å². The average molecular weight is 326 g/mol. The number of Topliss-reactive ketones (excluding diaryl/α,β-unsaturated/α-hetero) is 1. The lowest BCUT2D eigenvalue weighted by Gasteiger charge is -2.31. The van der Waals surface area contributed by atoms with Crippen LogP contribution in [-0.4, -0.2) is 41.4 Å². The lowest BCUT2D eigenvalue weighted by atomic mass is 9.89. The zero-order valence-corrected chi connectivity index (χ0v) is 13.6. The van der Waals surface area contributed by atoms with Gasteiger partial charge in [0.15, 0.2) is 5.78 Å². The molecule has 122 valence electrons. The molecule has 1 heterocycles. The molecule has 1 saturated heterocycles. The first-order valence-corrected chi connectivity index (χ1v) is 7.70. The van der Waals surface area contributed by atoms with Crippen LogP contribution in [0.2, 0.25) is 0 Å². The first kappa shape index (κ1) is 18.7. The number of hydrogen-bond acceptors (Lipinski definition) is 3. The van der Waals surface area contributed by atoms with Gasteiger partial charge in [0, 0.05) is 17.9 Å². The van der Waals surface area contributed by atoms with Crippen molar-refractivity contribution in [2.24, 2.45) is 5.92 Å². The van der Waals surface area contributed by atoms with Gasteiger partial charge in [-0.1, -0.05) is 30.3 Å². The molecule has 0 radical (unpaired) electrons. The molecule has 0 amide bonds. The summed E-state index contributed by atoms with van der Waals surface area (Å²) in [6.45, 7) is 2.83. The smallest absolute Gasteiger partial charge is 0.303 e. The molecular formula is C17H24ClNO3. The number of nitrogens with zero attached hydrogens (tertiary/aromatic N) is 1. The normalized spacial score (nSPS) is 16.0. The second kappa shape index (κ2) is 9.59. The van der Waals surface area contributed by atoms with E-state index in [1.807, 2.05) is 30.3 Å². The van der Waals surface area contributed by atoms with Crippen molar-refractivity contribution in [3.8, 4) is 0 Å². The average Bonchev–Trinajstić information content (AvgIpc) is 2.52.